The summed E-state index contributed by atoms with van der Waals surface area (Å²) < 4.78 is 26.5. The van der Waals surface area contributed by atoms with Gasteiger partial charge in [-0.15, -0.1) is 0 Å². The maximum atomic E-state index is 13.4. The van der Waals surface area contributed by atoms with Gasteiger partial charge in [0, 0.05) is 42.9 Å². The van der Waals surface area contributed by atoms with Crippen LogP contribution in [0.2, 0.25) is 0 Å². The summed E-state index contributed by atoms with van der Waals surface area (Å²) in [6, 6.07) is 12.4. The Balaban J connectivity index is 1.20. The lowest BCUT2D eigenvalue weighted by molar-refractivity contribution is -0.110. The van der Waals surface area contributed by atoms with Crippen LogP contribution < -0.4 is 16.0 Å². The van der Waals surface area contributed by atoms with E-state index in [1.807, 2.05) is 30.4 Å². The second kappa shape index (κ2) is 10.9. The van der Waals surface area contributed by atoms with Crippen LogP contribution in [0.5, 0.6) is 0 Å². The van der Waals surface area contributed by atoms with Crippen molar-refractivity contribution in [1.82, 2.24) is 20.3 Å². The molecule has 0 saturated carbocycles. The fourth-order valence-electron chi connectivity index (χ4n) is 3.96. The minimum atomic E-state index is -0.969. The molecule has 0 aliphatic carbocycles. The maximum absolute atomic E-state index is 13.4. The number of aromatic amines is 1. The number of nitrogens with zero attached hydrogens (tertiary/aromatic N) is 2. The first-order chi connectivity index (χ1) is 18.5. The van der Waals surface area contributed by atoms with Crippen molar-refractivity contribution in [2.75, 3.05) is 17.2 Å². The zero-order valence-corrected chi connectivity index (χ0v) is 20.0. The summed E-state index contributed by atoms with van der Waals surface area (Å²) in [6.07, 6.45) is 10.3. The number of H-pyrrole nitrogens is 1. The van der Waals surface area contributed by atoms with Crippen LogP contribution in [-0.4, -0.2) is 33.3 Å². The summed E-state index contributed by atoms with van der Waals surface area (Å²) in [5, 5.41) is 8.68. The Bertz CT molecular complexity index is 1560. The molecule has 0 atom stereocenters. The largest absolute Gasteiger partial charge is 0.366 e. The Kier molecular flexibility index (Phi) is 7.03. The van der Waals surface area contributed by atoms with Crippen molar-refractivity contribution >= 4 is 41.0 Å². The molecule has 2 amide bonds. The first-order valence-corrected chi connectivity index (χ1v) is 11.7. The lowest BCUT2D eigenvalue weighted by atomic mass is 10.0. The number of aromatic nitrogens is 3. The number of nitrogens with one attached hydrogen (secondary N) is 4. The average Bonchev–Trinajstić information content (AvgIpc) is 3.55. The molecule has 190 valence electrons. The summed E-state index contributed by atoms with van der Waals surface area (Å²) >= 11 is 0. The van der Waals surface area contributed by atoms with Crippen molar-refractivity contribution in [3.8, 4) is 0 Å². The topological polar surface area (TPSA) is 112 Å². The molecular formula is C28H22F2N6O2. The minimum Gasteiger partial charge on any atom is -0.366 e. The third-order valence-electron chi connectivity index (χ3n) is 5.81. The number of rotatable bonds is 8. The molecule has 0 saturated heterocycles. The zero-order valence-electron chi connectivity index (χ0n) is 20.0. The molecule has 0 bridgehead atoms. The van der Waals surface area contributed by atoms with Gasteiger partial charge in [0.25, 0.3) is 11.8 Å². The fraction of sp³-hybridized carbons (Fsp3) is 0.0714. The van der Waals surface area contributed by atoms with Crippen LogP contribution in [0.1, 0.15) is 32.9 Å². The van der Waals surface area contributed by atoms with Gasteiger partial charge in [-0.3, -0.25) is 9.59 Å². The van der Waals surface area contributed by atoms with E-state index in [2.05, 4.69) is 30.9 Å². The van der Waals surface area contributed by atoms with E-state index in [4.69, 9.17) is 0 Å². The molecule has 38 heavy (non-hydrogen) atoms. The van der Waals surface area contributed by atoms with Crippen LogP contribution in [-0.2, 0) is 11.3 Å². The molecule has 0 fully saturated rings. The van der Waals surface area contributed by atoms with E-state index in [9.17, 15) is 18.4 Å². The number of carbonyl (C=O) groups excluding carboxylic acids is 2. The highest BCUT2D eigenvalue weighted by Crippen LogP contribution is 2.33. The molecule has 2 aromatic heterocycles. The molecule has 0 unspecified atom stereocenters. The van der Waals surface area contributed by atoms with Crippen molar-refractivity contribution in [2.24, 2.45) is 0 Å². The standard InChI is InChI=1S/C28H22F2N6O2/c29-22-8-6-18(13-23(22)30)16-35-27(37)20-4-2-10-34-26(20)33-9-1-3-17-5-7-19-21(15-25-31-11-12-32-25)28(38)36-24(19)14-17/h1-8,10-15H,9,16H2,(H,31,32)(H,33,34)(H,35,37)(H,36,38)/b3-1+,21-15-. The molecule has 4 N–H and O–H groups in total. The van der Waals surface area contributed by atoms with E-state index >= 15 is 0 Å². The molecule has 10 heteroatoms. The van der Waals surface area contributed by atoms with Crippen LogP contribution in [0.4, 0.5) is 20.3 Å². The lowest BCUT2D eigenvalue weighted by Gasteiger charge is -2.10. The Morgan fingerprint density at radius 1 is 1.03 bits per heavy atom. The van der Waals surface area contributed by atoms with Gasteiger partial charge in [0.15, 0.2) is 11.6 Å². The van der Waals surface area contributed by atoms with Crippen molar-refractivity contribution in [3.05, 3.63) is 113 Å². The van der Waals surface area contributed by atoms with Gasteiger partial charge in [-0.1, -0.05) is 30.4 Å². The van der Waals surface area contributed by atoms with Gasteiger partial charge >= 0.3 is 0 Å². The third-order valence-corrected chi connectivity index (χ3v) is 5.81. The summed E-state index contributed by atoms with van der Waals surface area (Å²) in [4.78, 5) is 36.4. The Hall–Kier alpha value is -5.12. The molecule has 0 spiro atoms. The molecule has 1 aliphatic heterocycles. The van der Waals surface area contributed by atoms with Gasteiger partial charge in [-0.2, -0.15) is 0 Å². The van der Waals surface area contributed by atoms with Gasteiger partial charge in [0.05, 0.1) is 11.1 Å². The number of hydrogen-bond acceptors (Lipinski definition) is 5. The smallest absolute Gasteiger partial charge is 0.256 e. The van der Waals surface area contributed by atoms with Crippen LogP contribution in [0.25, 0.3) is 17.7 Å². The number of carbonyl (C=O) groups is 2. The van der Waals surface area contributed by atoms with Crippen molar-refractivity contribution < 1.29 is 18.4 Å². The number of fused-ring (bicyclic) bond motifs is 1. The highest BCUT2D eigenvalue weighted by Gasteiger charge is 2.24. The Morgan fingerprint density at radius 3 is 2.74 bits per heavy atom. The monoisotopic (exact) mass is 512 g/mol. The van der Waals surface area contributed by atoms with Gasteiger partial charge < -0.3 is 20.9 Å². The third kappa shape index (κ3) is 5.49. The SMILES string of the molecule is O=C1Nc2cc(/C=C/CNc3ncccc3C(=O)NCc3ccc(F)c(F)c3)ccc2/C1=C/c1ncc[nH]1. The number of imidazole rings is 1. The van der Waals surface area contributed by atoms with Gasteiger partial charge in [0.1, 0.15) is 11.6 Å². The second-order valence-electron chi connectivity index (χ2n) is 8.41. The number of pyridine rings is 1. The van der Waals surface area contributed by atoms with Gasteiger partial charge in [-0.05, 0) is 47.5 Å². The molecule has 3 heterocycles. The van der Waals surface area contributed by atoms with Crippen LogP contribution in [0.15, 0.2) is 73.2 Å². The summed E-state index contributed by atoms with van der Waals surface area (Å²) in [6.45, 7) is 0.422. The predicted octanol–water partition coefficient (Wildman–Crippen LogP) is 4.63. The van der Waals surface area contributed by atoms with Crippen LogP contribution >= 0.6 is 0 Å². The quantitative estimate of drug-likeness (QED) is 0.257. The van der Waals surface area contributed by atoms with E-state index in [-0.39, 0.29) is 12.5 Å². The molecule has 0 radical (unpaired) electrons. The summed E-state index contributed by atoms with van der Waals surface area (Å²) in [5.74, 6) is -1.52. The van der Waals surface area contributed by atoms with E-state index in [1.165, 1.54) is 6.07 Å². The Labute approximate surface area is 216 Å². The van der Waals surface area contributed by atoms with Crippen molar-refractivity contribution in [3.63, 3.8) is 0 Å². The number of anilines is 2. The number of amides is 2. The maximum Gasteiger partial charge on any atom is 0.256 e. The molecule has 8 nitrogen and oxygen atoms in total. The van der Waals surface area contributed by atoms with E-state index in [0.29, 0.717) is 40.6 Å². The predicted molar refractivity (Wildman–Crippen MR) is 141 cm³/mol. The summed E-state index contributed by atoms with van der Waals surface area (Å²) in [5.41, 5.74) is 3.70. The second-order valence-corrected chi connectivity index (χ2v) is 8.41. The molecule has 1 aliphatic rings. The average molecular weight is 513 g/mol. The first kappa shape index (κ1) is 24.6. The molecule has 4 aromatic rings. The highest BCUT2D eigenvalue weighted by atomic mass is 19.2. The van der Waals surface area contributed by atoms with E-state index in [0.717, 1.165) is 23.3 Å². The highest BCUT2D eigenvalue weighted by molar-refractivity contribution is 6.34. The zero-order chi connectivity index (χ0) is 26.5. The van der Waals surface area contributed by atoms with E-state index in [1.54, 1.807) is 36.8 Å². The number of halogens is 2. The number of benzene rings is 2. The first-order valence-electron chi connectivity index (χ1n) is 11.7. The fourth-order valence-corrected chi connectivity index (χ4v) is 3.96. The Morgan fingerprint density at radius 2 is 1.92 bits per heavy atom. The normalized spacial score (nSPS) is 13.5. The molecule has 2 aromatic carbocycles. The molecule has 5 rings (SSSR count). The van der Waals surface area contributed by atoms with Crippen molar-refractivity contribution in [2.45, 2.75) is 6.54 Å². The van der Waals surface area contributed by atoms with Crippen molar-refractivity contribution in [1.29, 1.82) is 0 Å². The van der Waals surface area contributed by atoms with Crippen LogP contribution in [0.3, 0.4) is 0 Å². The minimum absolute atomic E-state index is 0.0392. The van der Waals surface area contributed by atoms with Gasteiger partial charge in [-0.25, -0.2) is 18.7 Å². The summed E-state index contributed by atoms with van der Waals surface area (Å²) in [7, 11) is 0. The van der Waals surface area contributed by atoms with E-state index < -0.39 is 17.5 Å². The lowest BCUT2D eigenvalue weighted by Crippen LogP contribution is -2.24. The van der Waals surface area contributed by atoms with Gasteiger partial charge in [0.2, 0.25) is 0 Å². The van der Waals surface area contributed by atoms with Crippen LogP contribution in [0, 0.1) is 11.6 Å². The number of hydrogen-bond donors (Lipinski definition) is 4. The molecular weight excluding hydrogens is 490 g/mol.